The number of nitrogens with one attached hydrogen (secondary N) is 1. The van der Waals surface area contributed by atoms with E-state index in [1.165, 1.54) is 0 Å². The van der Waals surface area contributed by atoms with Gasteiger partial charge in [-0.15, -0.1) is 11.6 Å². The number of halogens is 2. The second kappa shape index (κ2) is 5.87. The largest absolute Gasteiger partial charge is 0.351 e. The Kier molecular flexibility index (Phi) is 5.02. The summed E-state index contributed by atoms with van der Waals surface area (Å²) in [4.78, 5) is 11.9. The van der Waals surface area contributed by atoms with Crippen molar-refractivity contribution in [2.45, 2.75) is 20.8 Å². The molecule has 0 aliphatic heterocycles. The molecule has 0 aliphatic carbocycles. The number of benzene rings is 1. The van der Waals surface area contributed by atoms with Gasteiger partial charge in [-0.3, -0.25) is 4.79 Å². The first-order valence-corrected chi connectivity index (χ1v) is 6.78. The lowest BCUT2D eigenvalue weighted by Crippen LogP contribution is -2.35. The maximum absolute atomic E-state index is 11.9. The summed E-state index contributed by atoms with van der Waals surface area (Å²) in [5.41, 5.74) is 1.64. The Labute approximate surface area is 116 Å². The molecular formula is C13H17BrClNO. The molecule has 1 N–H and O–H groups in total. The molecule has 1 aromatic carbocycles. The molecule has 0 bridgehead atoms. The summed E-state index contributed by atoms with van der Waals surface area (Å²) < 4.78 is 0.916. The zero-order chi connectivity index (χ0) is 13.1. The highest BCUT2D eigenvalue weighted by Crippen LogP contribution is 2.17. The fourth-order valence-electron chi connectivity index (χ4n) is 1.34. The molecule has 0 radical (unpaired) electrons. The van der Waals surface area contributed by atoms with Gasteiger partial charge in [-0.2, -0.15) is 0 Å². The third-order valence-corrected chi connectivity index (χ3v) is 3.57. The van der Waals surface area contributed by atoms with Crippen LogP contribution in [0.4, 0.5) is 0 Å². The molecule has 0 heterocycles. The minimum absolute atomic E-state index is 0.0624. The van der Waals surface area contributed by atoms with Crippen molar-refractivity contribution in [1.29, 1.82) is 0 Å². The standard InChI is InChI=1S/C13H17BrClNO/c1-9-4-10(6-11(14)5-9)12(17)16-8-13(2,3)7-15/h4-6H,7-8H2,1-3H3,(H,16,17). The molecule has 0 aromatic heterocycles. The molecule has 0 unspecified atom stereocenters. The maximum Gasteiger partial charge on any atom is 0.251 e. The number of alkyl halides is 1. The van der Waals surface area contributed by atoms with E-state index in [4.69, 9.17) is 11.6 Å². The zero-order valence-corrected chi connectivity index (χ0v) is 12.7. The Morgan fingerprint density at radius 2 is 2.06 bits per heavy atom. The Morgan fingerprint density at radius 1 is 1.41 bits per heavy atom. The number of carbonyl (C=O) groups excluding carboxylic acids is 1. The highest BCUT2D eigenvalue weighted by Gasteiger charge is 2.18. The van der Waals surface area contributed by atoms with Crippen LogP contribution in [0, 0.1) is 12.3 Å². The Morgan fingerprint density at radius 3 is 2.59 bits per heavy atom. The average molecular weight is 319 g/mol. The molecule has 0 saturated carbocycles. The smallest absolute Gasteiger partial charge is 0.251 e. The highest BCUT2D eigenvalue weighted by molar-refractivity contribution is 9.10. The van der Waals surface area contributed by atoms with Crippen LogP contribution in [-0.4, -0.2) is 18.3 Å². The number of hydrogen-bond donors (Lipinski definition) is 1. The summed E-state index contributed by atoms with van der Waals surface area (Å²) in [6.45, 7) is 6.57. The monoisotopic (exact) mass is 317 g/mol. The molecule has 94 valence electrons. The number of rotatable bonds is 4. The van der Waals surface area contributed by atoms with Gasteiger partial charge in [0.15, 0.2) is 0 Å². The predicted octanol–water partition coefficient (Wildman–Crippen LogP) is 3.75. The second-order valence-corrected chi connectivity index (χ2v) is 6.18. The molecule has 0 fully saturated rings. The second-order valence-electron chi connectivity index (χ2n) is 5.00. The van der Waals surface area contributed by atoms with Gasteiger partial charge in [0.2, 0.25) is 0 Å². The van der Waals surface area contributed by atoms with E-state index in [0.29, 0.717) is 18.0 Å². The lowest BCUT2D eigenvalue weighted by molar-refractivity contribution is 0.0939. The quantitative estimate of drug-likeness (QED) is 0.842. The van der Waals surface area contributed by atoms with Crippen LogP contribution in [0.15, 0.2) is 22.7 Å². The third-order valence-electron chi connectivity index (χ3n) is 2.39. The minimum atomic E-state index is -0.0850. The molecule has 0 saturated heterocycles. The van der Waals surface area contributed by atoms with Crippen molar-refractivity contribution in [3.63, 3.8) is 0 Å². The Balaban J connectivity index is 2.70. The fourth-order valence-corrected chi connectivity index (χ4v) is 2.04. The highest BCUT2D eigenvalue weighted by atomic mass is 79.9. The summed E-state index contributed by atoms with van der Waals surface area (Å²) in [5, 5.41) is 2.90. The van der Waals surface area contributed by atoms with Crippen molar-refractivity contribution in [2.24, 2.45) is 5.41 Å². The number of hydrogen-bond acceptors (Lipinski definition) is 1. The molecule has 0 aliphatic rings. The molecular weight excluding hydrogens is 302 g/mol. The summed E-state index contributed by atoms with van der Waals surface area (Å²) in [5.74, 6) is 0.456. The Hall–Kier alpha value is -0.540. The first-order valence-electron chi connectivity index (χ1n) is 5.45. The average Bonchev–Trinajstić information content (AvgIpc) is 2.24. The first kappa shape index (κ1) is 14.5. The van der Waals surface area contributed by atoms with Gasteiger partial charge >= 0.3 is 0 Å². The number of carbonyl (C=O) groups is 1. The van der Waals surface area contributed by atoms with Crippen LogP contribution in [0.25, 0.3) is 0 Å². The van der Waals surface area contributed by atoms with E-state index in [1.54, 1.807) is 0 Å². The lowest BCUT2D eigenvalue weighted by atomic mass is 9.96. The van der Waals surface area contributed by atoms with Gasteiger partial charge in [0, 0.05) is 22.5 Å². The van der Waals surface area contributed by atoms with Crippen LogP contribution >= 0.6 is 27.5 Å². The van der Waals surface area contributed by atoms with E-state index < -0.39 is 0 Å². The van der Waals surface area contributed by atoms with Crippen LogP contribution in [0.5, 0.6) is 0 Å². The van der Waals surface area contributed by atoms with Crippen molar-refractivity contribution in [3.8, 4) is 0 Å². The minimum Gasteiger partial charge on any atom is -0.351 e. The van der Waals surface area contributed by atoms with Crippen molar-refractivity contribution < 1.29 is 4.79 Å². The van der Waals surface area contributed by atoms with Gasteiger partial charge < -0.3 is 5.32 Å². The number of aryl methyl sites for hydroxylation is 1. The van der Waals surface area contributed by atoms with E-state index >= 15 is 0 Å². The van der Waals surface area contributed by atoms with E-state index in [9.17, 15) is 4.79 Å². The Bertz CT molecular complexity index is 398. The molecule has 2 nitrogen and oxygen atoms in total. The van der Waals surface area contributed by atoms with Crippen LogP contribution in [0.1, 0.15) is 29.8 Å². The molecule has 0 atom stereocenters. The van der Waals surface area contributed by atoms with Crippen molar-refractivity contribution >= 4 is 33.4 Å². The predicted molar refractivity (Wildman–Crippen MR) is 75.7 cm³/mol. The van der Waals surface area contributed by atoms with E-state index in [-0.39, 0.29) is 11.3 Å². The van der Waals surface area contributed by atoms with E-state index in [2.05, 4.69) is 21.2 Å². The fraction of sp³-hybridized carbons (Fsp3) is 0.462. The molecule has 17 heavy (non-hydrogen) atoms. The van der Waals surface area contributed by atoms with Crippen molar-refractivity contribution in [2.75, 3.05) is 12.4 Å². The lowest BCUT2D eigenvalue weighted by Gasteiger charge is -2.21. The molecule has 4 heteroatoms. The summed E-state index contributed by atoms with van der Waals surface area (Å²) in [6, 6.07) is 5.66. The van der Waals surface area contributed by atoms with Gasteiger partial charge in [-0.25, -0.2) is 0 Å². The zero-order valence-electron chi connectivity index (χ0n) is 10.3. The van der Waals surface area contributed by atoms with Gasteiger partial charge in [-0.05, 0) is 36.1 Å². The number of amides is 1. The third kappa shape index (κ3) is 4.68. The van der Waals surface area contributed by atoms with Gasteiger partial charge in [0.05, 0.1) is 0 Å². The molecule has 1 rings (SSSR count). The molecule has 1 aromatic rings. The van der Waals surface area contributed by atoms with Crippen molar-refractivity contribution in [3.05, 3.63) is 33.8 Å². The summed E-state index contributed by atoms with van der Waals surface area (Å²) >= 11 is 9.20. The SMILES string of the molecule is Cc1cc(Br)cc(C(=O)NCC(C)(C)CCl)c1. The van der Waals surface area contributed by atoms with Crippen LogP contribution < -0.4 is 5.32 Å². The summed E-state index contributed by atoms with van der Waals surface area (Å²) in [6.07, 6.45) is 0. The van der Waals surface area contributed by atoms with Crippen LogP contribution in [0.2, 0.25) is 0 Å². The maximum atomic E-state index is 11.9. The summed E-state index contributed by atoms with van der Waals surface area (Å²) in [7, 11) is 0. The van der Waals surface area contributed by atoms with Gasteiger partial charge in [0.1, 0.15) is 0 Å². The van der Waals surface area contributed by atoms with Gasteiger partial charge in [-0.1, -0.05) is 29.8 Å². The topological polar surface area (TPSA) is 29.1 Å². The van der Waals surface area contributed by atoms with Gasteiger partial charge in [0.25, 0.3) is 5.91 Å². The first-order chi connectivity index (χ1) is 7.84. The molecule has 0 spiro atoms. The van der Waals surface area contributed by atoms with E-state index in [0.717, 1.165) is 10.0 Å². The van der Waals surface area contributed by atoms with E-state index in [1.807, 2.05) is 39.0 Å². The van der Waals surface area contributed by atoms with Crippen molar-refractivity contribution in [1.82, 2.24) is 5.32 Å². The normalized spacial score (nSPS) is 11.4. The van der Waals surface area contributed by atoms with Crippen LogP contribution in [-0.2, 0) is 0 Å². The molecule has 1 amide bonds. The van der Waals surface area contributed by atoms with Crippen LogP contribution in [0.3, 0.4) is 0 Å².